The molecule has 0 bridgehead atoms. The number of aliphatic hydroxyl groups is 1. The van der Waals surface area contributed by atoms with Gasteiger partial charge in [-0.1, -0.05) is 0 Å². The van der Waals surface area contributed by atoms with Gasteiger partial charge in [0.15, 0.2) is 5.78 Å². The summed E-state index contributed by atoms with van der Waals surface area (Å²) in [5, 5.41) is 11.8. The number of rotatable bonds is 9. The van der Waals surface area contributed by atoms with E-state index in [1.807, 2.05) is 0 Å². The molecule has 0 unspecified atom stereocenters. The van der Waals surface area contributed by atoms with Crippen molar-refractivity contribution in [2.24, 2.45) is 0 Å². The van der Waals surface area contributed by atoms with Gasteiger partial charge in [0.05, 0.1) is 32.9 Å². The molecule has 0 spiro atoms. The molecule has 0 aliphatic rings. The van der Waals surface area contributed by atoms with Crippen molar-refractivity contribution in [1.29, 1.82) is 0 Å². The van der Waals surface area contributed by atoms with E-state index < -0.39 is 5.82 Å². The fourth-order valence-corrected chi connectivity index (χ4v) is 2.21. The van der Waals surface area contributed by atoms with Crippen molar-refractivity contribution in [2.45, 2.75) is 0 Å². The first kappa shape index (κ1) is 18.5. The van der Waals surface area contributed by atoms with E-state index >= 15 is 0 Å². The van der Waals surface area contributed by atoms with Gasteiger partial charge in [-0.25, -0.2) is 4.39 Å². The molecule has 2 aromatic carbocycles. The number of benzene rings is 2. The van der Waals surface area contributed by atoms with Crippen LogP contribution < -0.4 is 19.5 Å². The van der Waals surface area contributed by atoms with E-state index in [0.29, 0.717) is 17.2 Å². The molecule has 7 heteroatoms. The van der Waals surface area contributed by atoms with Crippen molar-refractivity contribution in [1.82, 2.24) is 0 Å². The molecular formula is C18H20FNO5. The number of ketones is 1. The van der Waals surface area contributed by atoms with E-state index in [1.165, 1.54) is 32.4 Å². The maximum atomic E-state index is 13.2. The summed E-state index contributed by atoms with van der Waals surface area (Å²) in [6, 6.07) is 8.83. The van der Waals surface area contributed by atoms with Gasteiger partial charge >= 0.3 is 0 Å². The predicted molar refractivity (Wildman–Crippen MR) is 91.3 cm³/mol. The average molecular weight is 349 g/mol. The number of hydrogen-bond donors (Lipinski definition) is 2. The minimum atomic E-state index is -0.472. The standard InChI is InChI=1S/C18H20FNO5/c1-23-14-8-13(9-15(10-14)25-6-5-21)20-11-17(22)16-4-3-12(19)7-18(16)24-2/h3-4,7-10,20-21H,5-6,11H2,1-2H3. The smallest absolute Gasteiger partial charge is 0.185 e. The normalized spacial score (nSPS) is 10.2. The van der Waals surface area contributed by atoms with Crippen molar-refractivity contribution < 1.29 is 28.5 Å². The van der Waals surface area contributed by atoms with E-state index in [9.17, 15) is 9.18 Å². The molecule has 2 rings (SSSR count). The van der Waals surface area contributed by atoms with Gasteiger partial charge in [0.25, 0.3) is 0 Å². The summed E-state index contributed by atoms with van der Waals surface area (Å²) < 4.78 is 28.8. The number of carbonyl (C=O) groups excluding carboxylic acids is 1. The quantitative estimate of drug-likeness (QED) is 0.678. The monoisotopic (exact) mass is 349 g/mol. The molecule has 0 amide bonds. The molecule has 134 valence electrons. The summed E-state index contributed by atoms with van der Waals surface area (Å²) in [6.45, 7) is 0.0235. The molecule has 0 aliphatic carbocycles. The first-order chi connectivity index (χ1) is 12.1. The highest BCUT2D eigenvalue weighted by Crippen LogP contribution is 2.26. The maximum Gasteiger partial charge on any atom is 0.185 e. The van der Waals surface area contributed by atoms with Crippen LogP contribution in [0, 0.1) is 5.82 Å². The van der Waals surface area contributed by atoms with Crippen LogP contribution in [-0.4, -0.2) is 44.9 Å². The summed E-state index contributed by atoms with van der Waals surface area (Å²) in [5.74, 6) is 0.509. The number of carbonyl (C=O) groups is 1. The van der Waals surface area contributed by atoms with E-state index in [-0.39, 0.29) is 36.9 Å². The first-order valence-electron chi connectivity index (χ1n) is 7.60. The lowest BCUT2D eigenvalue weighted by Crippen LogP contribution is -2.15. The van der Waals surface area contributed by atoms with Gasteiger partial charge < -0.3 is 24.6 Å². The maximum absolute atomic E-state index is 13.2. The lowest BCUT2D eigenvalue weighted by molar-refractivity contribution is 0.100. The first-order valence-corrected chi connectivity index (χ1v) is 7.60. The van der Waals surface area contributed by atoms with Crippen LogP contribution in [0.2, 0.25) is 0 Å². The second-order valence-corrected chi connectivity index (χ2v) is 5.09. The van der Waals surface area contributed by atoms with Gasteiger partial charge in [-0.3, -0.25) is 4.79 Å². The molecule has 0 heterocycles. The zero-order valence-corrected chi connectivity index (χ0v) is 14.0. The zero-order chi connectivity index (χ0) is 18.2. The van der Waals surface area contributed by atoms with Crippen LogP contribution >= 0.6 is 0 Å². The Hall–Kier alpha value is -2.80. The van der Waals surface area contributed by atoms with Gasteiger partial charge in [0, 0.05) is 30.0 Å². The van der Waals surface area contributed by atoms with Crippen LogP contribution in [-0.2, 0) is 0 Å². The molecule has 0 saturated heterocycles. The molecule has 0 aromatic heterocycles. The number of halogens is 1. The number of aliphatic hydroxyl groups excluding tert-OH is 1. The SMILES string of the molecule is COc1cc(NCC(=O)c2ccc(F)cc2OC)cc(OCCO)c1. The van der Waals surface area contributed by atoms with Crippen molar-refractivity contribution in [3.8, 4) is 17.2 Å². The number of nitrogens with one attached hydrogen (secondary N) is 1. The molecule has 0 fully saturated rings. The number of methoxy groups -OCH3 is 2. The lowest BCUT2D eigenvalue weighted by Gasteiger charge is -2.12. The fraction of sp³-hybridized carbons (Fsp3) is 0.278. The number of hydrogen-bond acceptors (Lipinski definition) is 6. The third-order valence-corrected chi connectivity index (χ3v) is 3.39. The molecule has 25 heavy (non-hydrogen) atoms. The third kappa shape index (κ3) is 5.09. The molecule has 2 aromatic rings. The second kappa shape index (κ2) is 8.89. The molecule has 2 N–H and O–H groups in total. The summed E-state index contributed by atoms with van der Waals surface area (Å²) in [4.78, 5) is 12.4. The van der Waals surface area contributed by atoms with Crippen LogP contribution in [0.4, 0.5) is 10.1 Å². The topological polar surface area (TPSA) is 77.0 Å². The predicted octanol–water partition coefficient (Wildman–Crippen LogP) is 2.51. The Kier molecular flexibility index (Phi) is 6.59. The van der Waals surface area contributed by atoms with Gasteiger partial charge in [-0.05, 0) is 12.1 Å². The summed E-state index contributed by atoms with van der Waals surface area (Å²) in [5.41, 5.74) is 0.901. The lowest BCUT2D eigenvalue weighted by atomic mass is 10.1. The molecule has 0 aliphatic heterocycles. The van der Waals surface area contributed by atoms with Crippen LogP contribution in [0.25, 0.3) is 0 Å². The van der Waals surface area contributed by atoms with E-state index in [4.69, 9.17) is 19.3 Å². The molecule has 0 radical (unpaired) electrons. The minimum absolute atomic E-state index is 0.0192. The Morgan fingerprint density at radius 3 is 2.56 bits per heavy atom. The van der Waals surface area contributed by atoms with Crippen LogP contribution in [0.1, 0.15) is 10.4 Å². The van der Waals surface area contributed by atoms with Crippen LogP contribution in [0.15, 0.2) is 36.4 Å². The Morgan fingerprint density at radius 2 is 1.88 bits per heavy atom. The minimum Gasteiger partial charge on any atom is -0.497 e. The summed E-state index contributed by atoms with van der Waals surface area (Å²) in [7, 11) is 2.90. The summed E-state index contributed by atoms with van der Waals surface area (Å²) in [6.07, 6.45) is 0. The Balaban J connectivity index is 2.11. The van der Waals surface area contributed by atoms with Gasteiger partial charge in [0.1, 0.15) is 29.7 Å². The van der Waals surface area contributed by atoms with E-state index in [1.54, 1.807) is 18.2 Å². The van der Waals surface area contributed by atoms with Crippen LogP contribution in [0.3, 0.4) is 0 Å². The Labute approximate surface area is 145 Å². The van der Waals surface area contributed by atoms with Crippen molar-refractivity contribution >= 4 is 11.5 Å². The number of ether oxygens (including phenoxy) is 3. The van der Waals surface area contributed by atoms with Gasteiger partial charge in [-0.2, -0.15) is 0 Å². The largest absolute Gasteiger partial charge is 0.497 e. The molecule has 6 nitrogen and oxygen atoms in total. The third-order valence-electron chi connectivity index (χ3n) is 3.39. The van der Waals surface area contributed by atoms with Crippen molar-refractivity contribution in [3.05, 3.63) is 47.8 Å². The van der Waals surface area contributed by atoms with Crippen LogP contribution in [0.5, 0.6) is 17.2 Å². The zero-order valence-electron chi connectivity index (χ0n) is 14.0. The number of anilines is 1. The molecule has 0 saturated carbocycles. The van der Waals surface area contributed by atoms with E-state index in [2.05, 4.69) is 5.32 Å². The van der Waals surface area contributed by atoms with Crippen molar-refractivity contribution in [2.75, 3.05) is 39.3 Å². The molecular weight excluding hydrogens is 329 g/mol. The van der Waals surface area contributed by atoms with Gasteiger partial charge in [-0.15, -0.1) is 0 Å². The fourth-order valence-electron chi connectivity index (χ4n) is 2.21. The number of Topliss-reactive ketones (excluding diaryl/α,β-unsaturated/α-hetero) is 1. The van der Waals surface area contributed by atoms with Crippen molar-refractivity contribution in [3.63, 3.8) is 0 Å². The average Bonchev–Trinajstić information content (AvgIpc) is 2.64. The van der Waals surface area contributed by atoms with Gasteiger partial charge in [0.2, 0.25) is 0 Å². The highest BCUT2D eigenvalue weighted by atomic mass is 19.1. The Bertz CT molecular complexity index is 735. The van der Waals surface area contributed by atoms with E-state index in [0.717, 1.165) is 0 Å². The second-order valence-electron chi connectivity index (χ2n) is 5.09. The highest BCUT2D eigenvalue weighted by molar-refractivity contribution is 6.01. The highest BCUT2D eigenvalue weighted by Gasteiger charge is 2.13. The summed E-state index contributed by atoms with van der Waals surface area (Å²) >= 11 is 0. The Morgan fingerprint density at radius 1 is 1.12 bits per heavy atom. The molecule has 0 atom stereocenters.